The van der Waals surface area contributed by atoms with Gasteiger partial charge in [0.2, 0.25) is 0 Å². The Morgan fingerprint density at radius 3 is 2.81 bits per heavy atom. The zero-order chi connectivity index (χ0) is 11.5. The van der Waals surface area contributed by atoms with E-state index in [-0.39, 0.29) is 5.91 Å². The van der Waals surface area contributed by atoms with Gasteiger partial charge in [0.1, 0.15) is 0 Å². The highest BCUT2D eigenvalue weighted by Crippen LogP contribution is 2.25. The van der Waals surface area contributed by atoms with E-state index in [9.17, 15) is 4.79 Å². The number of nitrogens with two attached hydrogens (primary N) is 1. The van der Waals surface area contributed by atoms with Crippen LogP contribution in [0.25, 0.3) is 0 Å². The molecule has 0 aromatic heterocycles. The van der Waals surface area contributed by atoms with Crippen molar-refractivity contribution >= 4 is 23.2 Å². The SMILES string of the molecule is Nc1ccc(C(=O)NCC2CCC2)c(Cl)c1. The molecule has 0 radical (unpaired) electrons. The molecule has 0 unspecified atom stereocenters. The number of hydrogen-bond acceptors (Lipinski definition) is 2. The van der Waals surface area contributed by atoms with E-state index in [2.05, 4.69) is 5.32 Å². The lowest BCUT2D eigenvalue weighted by atomic mass is 9.85. The fourth-order valence-corrected chi connectivity index (χ4v) is 2.02. The van der Waals surface area contributed by atoms with Crippen molar-refractivity contribution in [3.63, 3.8) is 0 Å². The molecule has 1 aromatic rings. The van der Waals surface area contributed by atoms with Gasteiger partial charge in [0, 0.05) is 12.2 Å². The summed E-state index contributed by atoms with van der Waals surface area (Å²) >= 11 is 5.95. The molecular formula is C12H15ClN2O. The van der Waals surface area contributed by atoms with Crippen LogP contribution in [-0.4, -0.2) is 12.5 Å². The number of amides is 1. The first-order valence-corrected chi connectivity index (χ1v) is 5.88. The first-order valence-electron chi connectivity index (χ1n) is 5.50. The molecule has 0 spiro atoms. The molecule has 1 aliphatic rings. The number of nitrogen functional groups attached to an aromatic ring is 1. The molecule has 4 heteroatoms. The van der Waals surface area contributed by atoms with Gasteiger partial charge < -0.3 is 11.1 Å². The predicted molar refractivity (Wildman–Crippen MR) is 65.5 cm³/mol. The van der Waals surface area contributed by atoms with E-state index >= 15 is 0 Å². The summed E-state index contributed by atoms with van der Waals surface area (Å²) in [5.41, 5.74) is 6.63. The molecular weight excluding hydrogens is 224 g/mol. The Labute approximate surface area is 100.0 Å². The van der Waals surface area contributed by atoms with Crippen molar-refractivity contribution in [2.45, 2.75) is 19.3 Å². The van der Waals surface area contributed by atoms with E-state index in [1.807, 2.05) is 0 Å². The van der Waals surface area contributed by atoms with Crippen LogP contribution in [0, 0.1) is 5.92 Å². The van der Waals surface area contributed by atoms with Crippen molar-refractivity contribution in [3.05, 3.63) is 28.8 Å². The lowest BCUT2D eigenvalue weighted by Crippen LogP contribution is -2.32. The average Bonchev–Trinajstić information content (AvgIpc) is 2.14. The molecule has 0 saturated heterocycles. The first kappa shape index (κ1) is 11.3. The van der Waals surface area contributed by atoms with Crippen LogP contribution >= 0.6 is 11.6 Å². The first-order chi connectivity index (χ1) is 7.66. The fraction of sp³-hybridized carbons (Fsp3) is 0.417. The Balaban J connectivity index is 1.96. The molecule has 16 heavy (non-hydrogen) atoms. The third-order valence-electron chi connectivity index (χ3n) is 3.01. The molecule has 0 aliphatic heterocycles. The van der Waals surface area contributed by atoms with E-state index < -0.39 is 0 Å². The van der Waals surface area contributed by atoms with Gasteiger partial charge in [-0.2, -0.15) is 0 Å². The number of rotatable bonds is 3. The summed E-state index contributed by atoms with van der Waals surface area (Å²) < 4.78 is 0. The molecule has 0 heterocycles. The Hall–Kier alpha value is -1.22. The summed E-state index contributed by atoms with van der Waals surface area (Å²) in [5.74, 6) is 0.536. The van der Waals surface area contributed by atoms with E-state index in [0.717, 1.165) is 6.54 Å². The Bertz CT molecular complexity index is 402. The average molecular weight is 239 g/mol. The number of carbonyl (C=O) groups is 1. The van der Waals surface area contributed by atoms with Crippen molar-refractivity contribution < 1.29 is 4.79 Å². The minimum atomic E-state index is -0.114. The second-order valence-corrected chi connectivity index (χ2v) is 4.65. The monoisotopic (exact) mass is 238 g/mol. The molecule has 3 N–H and O–H groups in total. The zero-order valence-electron chi connectivity index (χ0n) is 9.00. The molecule has 1 aromatic carbocycles. The Morgan fingerprint density at radius 1 is 1.50 bits per heavy atom. The van der Waals surface area contributed by atoms with Crippen molar-refractivity contribution in [3.8, 4) is 0 Å². The maximum atomic E-state index is 11.8. The zero-order valence-corrected chi connectivity index (χ0v) is 9.76. The number of anilines is 1. The number of halogens is 1. The van der Waals surface area contributed by atoms with Gasteiger partial charge in [-0.3, -0.25) is 4.79 Å². The maximum Gasteiger partial charge on any atom is 0.252 e. The van der Waals surface area contributed by atoms with Crippen molar-refractivity contribution in [1.82, 2.24) is 5.32 Å². The summed E-state index contributed by atoms with van der Waals surface area (Å²) in [6.45, 7) is 0.750. The van der Waals surface area contributed by atoms with Crippen molar-refractivity contribution in [1.29, 1.82) is 0 Å². The van der Waals surface area contributed by atoms with Gasteiger partial charge in [0.05, 0.1) is 10.6 Å². The normalized spacial score (nSPS) is 15.6. The molecule has 1 saturated carbocycles. The molecule has 0 atom stereocenters. The maximum absolute atomic E-state index is 11.8. The van der Waals surface area contributed by atoms with E-state index in [1.54, 1.807) is 18.2 Å². The standard InChI is InChI=1S/C12H15ClN2O/c13-11-6-9(14)4-5-10(11)12(16)15-7-8-2-1-3-8/h4-6,8H,1-3,7,14H2,(H,15,16). The molecule has 1 amide bonds. The quantitative estimate of drug-likeness (QED) is 0.795. The fourth-order valence-electron chi connectivity index (χ4n) is 1.74. The highest BCUT2D eigenvalue weighted by Gasteiger charge is 2.18. The summed E-state index contributed by atoms with van der Waals surface area (Å²) in [6.07, 6.45) is 3.72. The highest BCUT2D eigenvalue weighted by atomic mass is 35.5. The van der Waals surface area contributed by atoms with Gasteiger partial charge >= 0.3 is 0 Å². The third kappa shape index (κ3) is 2.47. The summed E-state index contributed by atoms with van der Waals surface area (Å²) in [5, 5.41) is 3.31. The van der Waals surface area contributed by atoms with Crippen LogP contribution in [0.3, 0.4) is 0 Å². The van der Waals surface area contributed by atoms with Crippen LogP contribution in [0.15, 0.2) is 18.2 Å². The topological polar surface area (TPSA) is 55.1 Å². The molecule has 1 aliphatic carbocycles. The smallest absolute Gasteiger partial charge is 0.252 e. The van der Waals surface area contributed by atoms with Gasteiger partial charge in [-0.1, -0.05) is 18.0 Å². The summed E-state index contributed by atoms with van der Waals surface area (Å²) in [7, 11) is 0. The molecule has 86 valence electrons. The van der Waals surface area contributed by atoms with Crippen LogP contribution in [0.5, 0.6) is 0 Å². The number of carbonyl (C=O) groups excluding carboxylic acids is 1. The Morgan fingerprint density at radius 2 is 2.25 bits per heavy atom. The lowest BCUT2D eigenvalue weighted by Gasteiger charge is -2.25. The van der Waals surface area contributed by atoms with E-state index in [0.29, 0.717) is 22.2 Å². The minimum Gasteiger partial charge on any atom is -0.399 e. The second-order valence-electron chi connectivity index (χ2n) is 4.25. The van der Waals surface area contributed by atoms with Gasteiger partial charge in [-0.25, -0.2) is 0 Å². The van der Waals surface area contributed by atoms with Crippen LogP contribution in [0.2, 0.25) is 5.02 Å². The van der Waals surface area contributed by atoms with E-state index in [4.69, 9.17) is 17.3 Å². The van der Waals surface area contributed by atoms with Crippen LogP contribution in [0.4, 0.5) is 5.69 Å². The molecule has 0 bridgehead atoms. The Kier molecular flexibility index (Phi) is 3.34. The van der Waals surface area contributed by atoms with Gasteiger partial charge in [0.25, 0.3) is 5.91 Å². The van der Waals surface area contributed by atoms with Crippen LogP contribution < -0.4 is 11.1 Å². The number of benzene rings is 1. The third-order valence-corrected chi connectivity index (χ3v) is 3.33. The van der Waals surface area contributed by atoms with Crippen LogP contribution in [0.1, 0.15) is 29.6 Å². The van der Waals surface area contributed by atoms with Crippen molar-refractivity contribution in [2.24, 2.45) is 5.92 Å². The summed E-state index contributed by atoms with van der Waals surface area (Å²) in [6, 6.07) is 4.94. The molecule has 1 fully saturated rings. The van der Waals surface area contributed by atoms with Gasteiger partial charge in [0.15, 0.2) is 0 Å². The minimum absolute atomic E-state index is 0.114. The predicted octanol–water partition coefficient (Wildman–Crippen LogP) is 2.45. The molecule has 2 rings (SSSR count). The highest BCUT2D eigenvalue weighted by molar-refractivity contribution is 6.34. The van der Waals surface area contributed by atoms with Gasteiger partial charge in [-0.15, -0.1) is 0 Å². The lowest BCUT2D eigenvalue weighted by molar-refractivity contribution is 0.0939. The van der Waals surface area contributed by atoms with Gasteiger partial charge in [-0.05, 0) is 37.0 Å². The summed E-state index contributed by atoms with van der Waals surface area (Å²) in [4.78, 5) is 11.8. The van der Waals surface area contributed by atoms with E-state index in [1.165, 1.54) is 19.3 Å². The second kappa shape index (κ2) is 4.74. The van der Waals surface area contributed by atoms with Crippen molar-refractivity contribution in [2.75, 3.05) is 12.3 Å². The largest absolute Gasteiger partial charge is 0.399 e. The van der Waals surface area contributed by atoms with Crippen LogP contribution in [-0.2, 0) is 0 Å². The molecule has 3 nitrogen and oxygen atoms in total. The number of hydrogen-bond donors (Lipinski definition) is 2. The number of nitrogens with one attached hydrogen (secondary N) is 1.